The van der Waals surface area contributed by atoms with Crippen LogP contribution < -0.4 is 14.4 Å². The average Bonchev–Trinajstić information content (AvgIpc) is 2.87. The summed E-state index contributed by atoms with van der Waals surface area (Å²) in [5, 5.41) is 8.78. The minimum absolute atomic E-state index is 0.0106. The fourth-order valence-corrected chi connectivity index (χ4v) is 3.76. The number of aryl methyl sites for hydroxylation is 1. The number of anilines is 1. The predicted octanol–water partition coefficient (Wildman–Crippen LogP) is 3.44. The predicted molar refractivity (Wildman–Crippen MR) is 124 cm³/mol. The number of methoxy groups -OCH3 is 1. The molecule has 0 saturated carbocycles. The Bertz CT molecular complexity index is 1030. The Balaban J connectivity index is 1.29. The third-order valence-electron chi connectivity index (χ3n) is 5.70. The Morgan fingerprint density at radius 3 is 2.34 bits per heavy atom. The number of aromatic nitrogens is 2. The van der Waals surface area contributed by atoms with E-state index < -0.39 is 0 Å². The fraction of sp³-hybridized carbons (Fsp3) is 0.320. The second kappa shape index (κ2) is 10.1. The summed E-state index contributed by atoms with van der Waals surface area (Å²) in [6.45, 7) is 4.85. The van der Waals surface area contributed by atoms with Gasteiger partial charge in [-0.3, -0.25) is 4.79 Å². The average molecular weight is 433 g/mol. The lowest BCUT2D eigenvalue weighted by Crippen LogP contribution is -2.50. The minimum atomic E-state index is 0.0106. The van der Waals surface area contributed by atoms with Gasteiger partial charge in [-0.05, 0) is 54.4 Å². The maximum atomic E-state index is 12.6. The number of amides is 1. The van der Waals surface area contributed by atoms with Crippen molar-refractivity contribution in [2.75, 3.05) is 44.8 Å². The van der Waals surface area contributed by atoms with E-state index in [1.807, 2.05) is 65.6 Å². The van der Waals surface area contributed by atoms with Gasteiger partial charge >= 0.3 is 0 Å². The minimum Gasteiger partial charge on any atom is -0.497 e. The van der Waals surface area contributed by atoms with Crippen LogP contribution in [0.25, 0.3) is 11.3 Å². The third kappa shape index (κ3) is 4.99. The summed E-state index contributed by atoms with van der Waals surface area (Å²) in [5.41, 5.74) is 2.92. The molecule has 1 aliphatic heterocycles. The standard InChI is InChI=1S/C25H28N4O3/c1-3-19-6-4-5-7-23(19)32-18-25(30)29-16-14-28(15-17-29)24-13-12-22(26-27-24)20-8-10-21(31-2)11-9-20/h4-13H,3,14-18H2,1-2H3. The van der Waals surface area contributed by atoms with E-state index in [1.165, 1.54) is 0 Å². The molecule has 1 fully saturated rings. The van der Waals surface area contributed by atoms with Crippen molar-refractivity contribution >= 4 is 11.7 Å². The topological polar surface area (TPSA) is 67.8 Å². The van der Waals surface area contributed by atoms with E-state index >= 15 is 0 Å². The van der Waals surface area contributed by atoms with Crippen molar-refractivity contribution in [3.8, 4) is 22.8 Å². The Labute approximate surface area is 188 Å². The summed E-state index contributed by atoms with van der Waals surface area (Å²) in [7, 11) is 1.65. The zero-order valence-corrected chi connectivity index (χ0v) is 18.5. The quantitative estimate of drug-likeness (QED) is 0.570. The summed E-state index contributed by atoms with van der Waals surface area (Å²) in [6, 6.07) is 19.6. The van der Waals surface area contributed by atoms with Crippen LogP contribution in [0.2, 0.25) is 0 Å². The summed E-state index contributed by atoms with van der Waals surface area (Å²) in [5.74, 6) is 2.43. The molecule has 32 heavy (non-hydrogen) atoms. The number of para-hydroxylation sites is 1. The summed E-state index contributed by atoms with van der Waals surface area (Å²) in [6.07, 6.45) is 0.876. The molecule has 4 rings (SSSR count). The van der Waals surface area contributed by atoms with Gasteiger partial charge in [-0.25, -0.2) is 0 Å². The Kier molecular flexibility index (Phi) is 6.84. The van der Waals surface area contributed by atoms with E-state index in [4.69, 9.17) is 9.47 Å². The molecule has 3 aromatic rings. The SMILES string of the molecule is CCc1ccccc1OCC(=O)N1CCN(c2ccc(-c3ccc(OC)cc3)nn2)CC1. The first-order valence-corrected chi connectivity index (χ1v) is 10.9. The molecule has 2 heterocycles. The van der Waals surface area contributed by atoms with Crippen LogP contribution in [0.4, 0.5) is 5.82 Å². The molecule has 0 N–H and O–H groups in total. The second-order valence-electron chi connectivity index (χ2n) is 7.62. The Hall–Kier alpha value is -3.61. The summed E-state index contributed by atoms with van der Waals surface area (Å²) in [4.78, 5) is 16.6. The highest BCUT2D eigenvalue weighted by Gasteiger charge is 2.22. The first-order valence-electron chi connectivity index (χ1n) is 10.9. The first-order chi connectivity index (χ1) is 15.7. The second-order valence-corrected chi connectivity index (χ2v) is 7.62. The molecule has 0 spiro atoms. The molecule has 0 atom stereocenters. The molecule has 7 heteroatoms. The van der Waals surface area contributed by atoms with Gasteiger partial charge in [0.05, 0.1) is 12.8 Å². The normalized spacial score (nSPS) is 13.7. The molecule has 0 unspecified atom stereocenters. The van der Waals surface area contributed by atoms with Gasteiger partial charge in [0.1, 0.15) is 11.5 Å². The van der Waals surface area contributed by atoms with E-state index in [2.05, 4.69) is 22.0 Å². The number of carbonyl (C=O) groups is 1. The number of piperazine rings is 1. The van der Waals surface area contributed by atoms with Crippen LogP contribution >= 0.6 is 0 Å². The number of hydrogen-bond donors (Lipinski definition) is 0. The smallest absolute Gasteiger partial charge is 0.260 e. The first kappa shape index (κ1) is 21.6. The molecule has 7 nitrogen and oxygen atoms in total. The van der Waals surface area contributed by atoms with Crippen LogP contribution in [0.15, 0.2) is 60.7 Å². The van der Waals surface area contributed by atoms with E-state index in [1.54, 1.807) is 7.11 Å². The molecule has 1 amide bonds. The molecule has 0 aliphatic carbocycles. The Morgan fingerprint density at radius 1 is 0.938 bits per heavy atom. The van der Waals surface area contributed by atoms with Gasteiger partial charge in [-0.1, -0.05) is 25.1 Å². The van der Waals surface area contributed by atoms with Gasteiger partial charge in [0.25, 0.3) is 5.91 Å². The molecular weight excluding hydrogens is 404 g/mol. The number of hydrogen-bond acceptors (Lipinski definition) is 6. The molecule has 2 aromatic carbocycles. The lowest BCUT2D eigenvalue weighted by atomic mass is 10.1. The molecule has 1 saturated heterocycles. The van der Waals surface area contributed by atoms with E-state index in [9.17, 15) is 4.79 Å². The zero-order valence-electron chi connectivity index (χ0n) is 18.5. The fourth-order valence-electron chi connectivity index (χ4n) is 3.76. The van der Waals surface area contributed by atoms with Crippen molar-refractivity contribution in [2.45, 2.75) is 13.3 Å². The summed E-state index contributed by atoms with van der Waals surface area (Å²) < 4.78 is 11.0. The monoisotopic (exact) mass is 432 g/mol. The highest BCUT2D eigenvalue weighted by molar-refractivity contribution is 5.78. The van der Waals surface area contributed by atoms with Gasteiger partial charge in [-0.15, -0.1) is 10.2 Å². The molecular formula is C25H28N4O3. The van der Waals surface area contributed by atoms with Gasteiger partial charge in [-0.2, -0.15) is 0 Å². The highest BCUT2D eigenvalue weighted by Crippen LogP contribution is 2.22. The van der Waals surface area contributed by atoms with E-state index in [0.717, 1.165) is 40.6 Å². The van der Waals surface area contributed by atoms with Crippen LogP contribution in [0, 0.1) is 0 Å². The number of ether oxygens (including phenoxy) is 2. The van der Waals surface area contributed by atoms with Gasteiger partial charge in [0.15, 0.2) is 12.4 Å². The van der Waals surface area contributed by atoms with Crippen molar-refractivity contribution in [2.24, 2.45) is 0 Å². The Morgan fingerprint density at radius 2 is 1.69 bits per heavy atom. The van der Waals surface area contributed by atoms with Gasteiger partial charge in [0.2, 0.25) is 0 Å². The lowest BCUT2D eigenvalue weighted by molar-refractivity contribution is -0.133. The summed E-state index contributed by atoms with van der Waals surface area (Å²) >= 11 is 0. The highest BCUT2D eigenvalue weighted by atomic mass is 16.5. The van der Waals surface area contributed by atoms with Crippen LogP contribution in [0.3, 0.4) is 0 Å². The van der Waals surface area contributed by atoms with Crippen molar-refractivity contribution in [1.29, 1.82) is 0 Å². The number of nitrogens with zero attached hydrogens (tertiary/aromatic N) is 4. The number of carbonyl (C=O) groups excluding carboxylic acids is 1. The zero-order chi connectivity index (χ0) is 22.3. The number of rotatable bonds is 7. The van der Waals surface area contributed by atoms with Gasteiger partial charge in [0, 0.05) is 31.7 Å². The lowest BCUT2D eigenvalue weighted by Gasteiger charge is -2.35. The molecule has 0 bridgehead atoms. The van der Waals surface area contributed by atoms with Crippen molar-refractivity contribution in [3.63, 3.8) is 0 Å². The van der Waals surface area contributed by atoms with E-state index in [0.29, 0.717) is 26.2 Å². The van der Waals surface area contributed by atoms with Crippen molar-refractivity contribution in [1.82, 2.24) is 15.1 Å². The molecule has 166 valence electrons. The van der Waals surface area contributed by atoms with Crippen LogP contribution in [0.5, 0.6) is 11.5 Å². The maximum absolute atomic E-state index is 12.6. The molecule has 1 aromatic heterocycles. The number of benzene rings is 2. The van der Waals surface area contributed by atoms with Crippen LogP contribution in [-0.2, 0) is 11.2 Å². The maximum Gasteiger partial charge on any atom is 0.260 e. The van der Waals surface area contributed by atoms with E-state index in [-0.39, 0.29) is 12.5 Å². The largest absolute Gasteiger partial charge is 0.497 e. The third-order valence-corrected chi connectivity index (χ3v) is 5.70. The molecule has 0 radical (unpaired) electrons. The van der Waals surface area contributed by atoms with Gasteiger partial charge < -0.3 is 19.3 Å². The van der Waals surface area contributed by atoms with Crippen molar-refractivity contribution in [3.05, 3.63) is 66.2 Å². The van der Waals surface area contributed by atoms with Crippen LogP contribution in [-0.4, -0.2) is 60.9 Å². The molecule has 1 aliphatic rings. The van der Waals surface area contributed by atoms with Crippen molar-refractivity contribution < 1.29 is 14.3 Å². The van der Waals surface area contributed by atoms with Crippen LogP contribution in [0.1, 0.15) is 12.5 Å².